The first-order valence-corrected chi connectivity index (χ1v) is 6.54. The van der Waals surface area contributed by atoms with Crippen LogP contribution in [0.15, 0.2) is 18.2 Å². The van der Waals surface area contributed by atoms with Crippen molar-refractivity contribution >= 4 is 11.4 Å². The molecular weight excluding hydrogens is 262 g/mol. The zero-order chi connectivity index (χ0) is 15.3. The normalized spacial score (nSPS) is 13.8. The van der Waals surface area contributed by atoms with Gasteiger partial charge in [0.15, 0.2) is 0 Å². The van der Waals surface area contributed by atoms with Crippen molar-refractivity contribution in [2.75, 3.05) is 6.54 Å². The van der Waals surface area contributed by atoms with Crippen molar-refractivity contribution in [2.45, 2.75) is 39.2 Å². The predicted molar refractivity (Wildman–Crippen MR) is 75.9 cm³/mol. The van der Waals surface area contributed by atoms with E-state index in [0.717, 1.165) is 19.0 Å². The zero-order valence-electron chi connectivity index (χ0n) is 11.8. The van der Waals surface area contributed by atoms with Crippen LogP contribution in [-0.2, 0) is 0 Å². The molecule has 0 fully saturated rings. The quantitative estimate of drug-likeness (QED) is 0.612. The van der Waals surface area contributed by atoms with Crippen LogP contribution in [0.1, 0.15) is 38.7 Å². The van der Waals surface area contributed by atoms with E-state index in [1.165, 1.54) is 12.1 Å². The molecule has 110 valence electrons. The molecule has 7 nitrogen and oxygen atoms in total. The van der Waals surface area contributed by atoms with Gasteiger partial charge < -0.3 is 5.32 Å². The highest BCUT2D eigenvalue weighted by molar-refractivity contribution is 5.50. The fourth-order valence-corrected chi connectivity index (χ4v) is 2.01. The Morgan fingerprint density at radius 1 is 1.20 bits per heavy atom. The molecule has 0 amide bonds. The standard InChI is InChI=1S/C13H19N3O4/c1-4-7-14-10(3)9(2)12-6-5-11(15(17)18)8-13(12)16(19)20/h5-6,8-10,14H,4,7H2,1-3H3. The second-order valence-corrected chi connectivity index (χ2v) is 4.79. The van der Waals surface area contributed by atoms with Crippen molar-refractivity contribution < 1.29 is 9.85 Å². The van der Waals surface area contributed by atoms with Crippen molar-refractivity contribution in [2.24, 2.45) is 0 Å². The van der Waals surface area contributed by atoms with E-state index in [2.05, 4.69) is 5.32 Å². The number of hydrogen-bond donors (Lipinski definition) is 1. The first-order valence-electron chi connectivity index (χ1n) is 6.54. The van der Waals surface area contributed by atoms with Gasteiger partial charge in [0.1, 0.15) is 0 Å². The van der Waals surface area contributed by atoms with E-state index >= 15 is 0 Å². The summed E-state index contributed by atoms with van der Waals surface area (Å²) in [6, 6.07) is 3.87. The number of nitro benzene ring substituents is 2. The van der Waals surface area contributed by atoms with Crippen molar-refractivity contribution in [3.8, 4) is 0 Å². The highest BCUT2D eigenvalue weighted by Gasteiger charge is 2.25. The monoisotopic (exact) mass is 281 g/mol. The molecule has 1 rings (SSSR count). The van der Waals surface area contributed by atoms with Gasteiger partial charge in [-0.15, -0.1) is 0 Å². The molecule has 0 saturated heterocycles. The van der Waals surface area contributed by atoms with Crippen LogP contribution in [0.3, 0.4) is 0 Å². The van der Waals surface area contributed by atoms with Gasteiger partial charge in [0.2, 0.25) is 0 Å². The third-order valence-electron chi connectivity index (χ3n) is 3.38. The Morgan fingerprint density at radius 3 is 2.35 bits per heavy atom. The van der Waals surface area contributed by atoms with Gasteiger partial charge in [0.05, 0.1) is 15.9 Å². The van der Waals surface area contributed by atoms with Gasteiger partial charge >= 0.3 is 0 Å². The van der Waals surface area contributed by atoms with E-state index in [9.17, 15) is 20.2 Å². The third kappa shape index (κ3) is 3.74. The lowest BCUT2D eigenvalue weighted by Crippen LogP contribution is -2.31. The Bertz CT molecular complexity index is 504. The average Bonchev–Trinajstić information content (AvgIpc) is 2.42. The van der Waals surface area contributed by atoms with Crippen LogP contribution in [-0.4, -0.2) is 22.4 Å². The summed E-state index contributed by atoms with van der Waals surface area (Å²) in [4.78, 5) is 20.6. The molecule has 0 aliphatic rings. The van der Waals surface area contributed by atoms with Gasteiger partial charge in [-0.3, -0.25) is 20.2 Å². The summed E-state index contributed by atoms with van der Waals surface area (Å²) < 4.78 is 0. The molecular formula is C13H19N3O4. The molecule has 1 N–H and O–H groups in total. The topological polar surface area (TPSA) is 98.3 Å². The Balaban J connectivity index is 3.10. The highest BCUT2D eigenvalue weighted by atomic mass is 16.6. The second-order valence-electron chi connectivity index (χ2n) is 4.79. The first kappa shape index (κ1) is 16.0. The smallest absolute Gasteiger partial charge is 0.279 e. The fourth-order valence-electron chi connectivity index (χ4n) is 2.01. The highest BCUT2D eigenvalue weighted by Crippen LogP contribution is 2.31. The molecule has 0 aliphatic heterocycles. The molecule has 0 heterocycles. The van der Waals surface area contributed by atoms with Gasteiger partial charge in [-0.1, -0.05) is 13.8 Å². The largest absolute Gasteiger partial charge is 0.314 e. The Kier molecular flexibility index (Phi) is 5.57. The van der Waals surface area contributed by atoms with Crippen LogP contribution < -0.4 is 5.32 Å². The number of hydrogen-bond acceptors (Lipinski definition) is 5. The van der Waals surface area contributed by atoms with Crippen LogP contribution >= 0.6 is 0 Å². The molecule has 1 aromatic carbocycles. The third-order valence-corrected chi connectivity index (χ3v) is 3.38. The minimum atomic E-state index is -0.625. The lowest BCUT2D eigenvalue weighted by atomic mass is 9.92. The summed E-state index contributed by atoms with van der Waals surface area (Å²) in [5, 5.41) is 25.1. The first-order chi connectivity index (χ1) is 9.38. The van der Waals surface area contributed by atoms with Crippen molar-refractivity contribution in [1.29, 1.82) is 0 Å². The van der Waals surface area contributed by atoms with Crippen molar-refractivity contribution in [3.05, 3.63) is 44.0 Å². The van der Waals surface area contributed by atoms with Gasteiger partial charge in [-0.05, 0) is 26.0 Å². The summed E-state index contributed by atoms with van der Waals surface area (Å²) in [5.74, 6) is -0.109. The van der Waals surface area contributed by atoms with Gasteiger partial charge in [-0.25, -0.2) is 0 Å². The number of nitro groups is 2. The lowest BCUT2D eigenvalue weighted by Gasteiger charge is -2.21. The summed E-state index contributed by atoms with van der Waals surface area (Å²) in [7, 11) is 0. The molecule has 0 radical (unpaired) electrons. The number of non-ortho nitro benzene ring substituents is 1. The van der Waals surface area contributed by atoms with E-state index in [-0.39, 0.29) is 23.3 Å². The molecule has 2 atom stereocenters. The van der Waals surface area contributed by atoms with Crippen LogP contribution in [0.5, 0.6) is 0 Å². The number of rotatable bonds is 7. The lowest BCUT2D eigenvalue weighted by molar-refractivity contribution is -0.394. The maximum Gasteiger partial charge on any atom is 0.279 e. The molecule has 20 heavy (non-hydrogen) atoms. The number of benzene rings is 1. The SMILES string of the molecule is CCCNC(C)C(C)c1ccc([N+](=O)[O-])cc1[N+](=O)[O-]. The predicted octanol–water partition coefficient (Wildman–Crippen LogP) is 2.99. The van der Waals surface area contributed by atoms with Crippen LogP contribution in [0, 0.1) is 20.2 Å². The Hall–Kier alpha value is -2.02. The molecule has 0 saturated carbocycles. The van der Waals surface area contributed by atoms with E-state index < -0.39 is 9.85 Å². The number of nitrogens with zero attached hydrogens (tertiary/aromatic N) is 2. The number of nitrogens with one attached hydrogen (secondary N) is 1. The maximum absolute atomic E-state index is 11.1. The van der Waals surface area contributed by atoms with E-state index in [0.29, 0.717) is 5.56 Å². The molecule has 0 aliphatic carbocycles. The molecule has 1 aromatic rings. The van der Waals surface area contributed by atoms with Gasteiger partial charge in [0.25, 0.3) is 11.4 Å². The molecule has 0 spiro atoms. The van der Waals surface area contributed by atoms with E-state index in [4.69, 9.17) is 0 Å². The molecule has 0 aromatic heterocycles. The van der Waals surface area contributed by atoms with Crippen molar-refractivity contribution in [1.82, 2.24) is 5.32 Å². The zero-order valence-corrected chi connectivity index (χ0v) is 11.8. The van der Waals surface area contributed by atoms with E-state index in [1.54, 1.807) is 0 Å². The second kappa shape index (κ2) is 6.95. The minimum absolute atomic E-state index is 0.0510. The van der Waals surface area contributed by atoms with Gasteiger partial charge in [0, 0.05) is 23.6 Å². The van der Waals surface area contributed by atoms with Gasteiger partial charge in [-0.2, -0.15) is 0 Å². The minimum Gasteiger partial charge on any atom is -0.314 e. The Labute approximate surface area is 117 Å². The summed E-state index contributed by atoms with van der Waals surface area (Å²) in [6.07, 6.45) is 0.972. The van der Waals surface area contributed by atoms with Crippen LogP contribution in [0.2, 0.25) is 0 Å². The maximum atomic E-state index is 11.1. The summed E-state index contributed by atoms with van der Waals surface area (Å²) >= 11 is 0. The van der Waals surface area contributed by atoms with E-state index in [1.807, 2.05) is 20.8 Å². The summed E-state index contributed by atoms with van der Waals surface area (Å²) in [5.41, 5.74) is 0.0513. The average molecular weight is 281 g/mol. The molecule has 0 bridgehead atoms. The van der Waals surface area contributed by atoms with Crippen molar-refractivity contribution in [3.63, 3.8) is 0 Å². The molecule has 2 unspecified atom stereocenters. The Morgan fingerprint density at radius 2 is 1.85 bits per heavy atom. The molecule has 7 heteroatoms. The summed E-state index contributed by atoms with van der Waals surface area (Å²) in [6.45, 7) is 6.69. The van der Waals surface area contributed by atoms with Crippen LogP contribution in [0.25, 0.3) is 0 Å². The van der Waals surface area contributed by atoms with Crippen LogP contribution in [0.4, 0.5) is 11.4 Å². The fraction of sp³-hybridized carbons (Fsp3) is 0.538.